The van der Waals surface area contributed by atoms with Crippen molar-refractivity contribution in [1.82, 2.24) is 19.7 Å². The molecular weight excluding hydrogens is 508 g/mol. The van der Waals surface area contributed by atoms with Crippen LogP contribution in [0.5, 0.6) is 0 Å². The van der Waals surface area contributed by atoms with Crippen molar-refractivity contribution in [3.63, 3.8) is 0 Å². The summed E-state index contributed by atoms with van der Waals surface area (Å²) in [6, 6.07) is 24.5. The SMILES string of the molecule is O=C(CC1=CCCCC1)N1CCC(N2CCN(C(=O)c3cc(-c4ccccc4)nc(-c4ccccc4)c3)CC2)CC1. The number of carbonyl (C=O) groups is 2. The first-order valence-electron chi connectivity index (χ1n) is 15.3. The van der Waals surface area contributed by atoms with Crippen LogP contribution in [-0.4, -0.2) is 76.8 Å². The Hall–Kier alpha value is -3.77. The van der Waals surface area contributed by atoms with Gasteiger partial charge in [-0.25, -0.2) is 4.98 Å². The second kappa shape index (κ2) is 12.8. The van der Waals surface area contributed by atoms with Gasteiger partial charge in [-0.3, -0.25) is 14.5 Å². The van der Waals surface area contributed by atoms with E-state index in [1.807, 2.05) is 77.7 Å². The lowest BCUT2D eigenvalue weighted by Crippen LogP contribution is -2.54. The zero-order valence-corrected chi connectivity index (χ0v) is 23.9. The number of rotatable bonds is 6. The maximum absolute atomic E-state index is 13.8. The number of likely N-dealkylation sites (tertiary alicyclic amines) is 1. The Morgan fingerprint density at radius 1 is 0.732 bits per heavy atom. The molecule has 2 amide bonds. The van der Waals surface area contributed by atoms with Crippen molar-refractivity contribution in [1.29, 1.82) is 0 Å². The Morgan fingerprint density at radius 3 is 1.90 bits per heavy atom. The lowest BCUT2D eigenvalue weighted by Gasteiger charge is -2.43. The molecule has 0 N–H and O–H groups in total. The van der Waals surface area contributed by atoms with Gasteiger partial charge in [0.05, 0.1) is 11.4 Å². The summed E-state index contributed by atoms with van der Waals surface area (Å²) < 4.78 is 0. The van der Waals surface area contributed by atoms with Gasteiger partial charge in [-0.1, -0.05) is 72.3 Å². The van der Waals surface area contributed by atoms with E-state index < -0.39 is 0 Å². The van der Waals surface area contributed by atoms with E-state index in [-0.39, 0.29) is 5.91 Å². The first-order chi connectivity index (χ1) is 20.1. The van der Waals surface area contributed by atoms with Gasteiger partial charge in [-0.15, -0.1) is 0 Å². The van der Waals surface area contributed by atoms with Gasteiger partial charge in [-0.05, 0) is 50.7 Å². The molecule has 0 spiro atoms. The largest absolute Gasteiger partial charge is 0.342 e. The van der Waals surface area contributed by atoms with Gasteiger partial charge in [0, 0.05) is 68.4 Å². The molecular formula is C35H40N4O2. The van der Waals surface area contributed by atoms with E-state index >= 15 is 0 Å². The maximum atomic E-state index is 13.8. The molecule has 41 heavy (non-hydrogen) atoms. The van der Waals surface area contributed by atoms with Crippen molar-refractivity contribution in [3.8, 4) is 22.5 Å². The molecule has 2 fully saturated rings. The van der Waals surface area contributed by atoms with Crippen LogP contribution in [0.15, 0.2) is 84.4 Å². The molecule has 6 rings (SSSR count). The highest BCUT2D eigenvalue weighted by molar-refractivity contribution is 5.96. The minimum absolute atomic E-state index is 0.0684. The zero-order valence-electron chi connectivity index (χ0n) is 23.9. The van der Waals surface area contributed by atoms with Gasteiger partial charge in [0.2, 0.25) is 5.91 Å². The molecule has 3 heterocycles. The Kier molecular flexibility index (Phi) is 8.57. The normalized spacial score (nSPS) is 18.7. The number of hydrogen-bond donors (Lipinski definition) is 0. The number of piperazine rings is 1. The standard InChI is InChI=1S/C35H40N4O2/c40-34(24-27-10-4-1-5-11-27)38-18-16-31(17-19-38)37-20-22-39(23-21-37)35(41)30-25-32(28-12-6-2-7-13-28)36-33(26-30)29-14-8-3-9-15-29/h2-3,6-10,12-15,25-26,31H,1,4-5,11,16-24H2. The van der Waals surface area contributed by atoms with Gasteiger partial charge >= 0.3 is 0 Å². The van der Waals surface area contributed by atoms with Crippen molar-refractivity contribution in [2.24, 2.45) is 0 Å². The molecule has 0 saturated carbocycles. The van der Waals surface area contributed by atoms with E-state index in [9.17, 15) is 9.59 Å². The molecule has 2 aliphatic heterocycles. The zero-order chi connectivity index (χ0) is 28.0. The Morgan fingerprint density at radius 2 is 1.34 bits per heavy atom. The first-order valence-corrected chi connectivity index (χ1v) is 15.3. The van der Waals surface area contributed by atoms with E-state index in [1.165, 1.54) is 18.4 Å². The minimum atomic E-state index is 0.0684. The number of carbonyl (C=O) groups excluding carboxylic acids is 2. The summed E-state index contributed by atoms with van der Waals surface area (Å²) in [5.74, 6) is 0.368. The third-order valence-electron chi connectivity index (χ3n) is 8.91. The van der Waals surface area contributed by atoms with Crippen LogP contribution < -0.4 is 0 Å². The molecule has 2 aromatic carbocycles. The van der Waals surface area contributed by atoms with Crippen LogP contribution in [0.4, 0.5) is 0 Å². The van der Waals surface area contributed by atoms with E-state index in [4.69, 9.17) is 4.98 Å². The molecule has 0 bridgehead atoms. The van der Waals surface area contributed by atoms with E-state index in [0.717, 1.165) is 87.5 Å². The Balaban J connectivity index is 1.07. The van der Waals surface area contributed by atoms with E-state index in [2.05, 4.69) is 15.9 Å². The van der Waals surface area contributed by atoms with E-state index in [1.54, 1.807) is 0 Å². The van der Waals surface area contributed by atoms with Gasteiger partial charge in [0.1, 0.15) is 0 Å². The summed E-state index contributed by atoms with van der Waals surface area (Å²) in [6.07, 6.45) is 9.62. The predicted molar refractivity (Wildman–Crippen MR) is 163 cm³/mol. The van der Waals surface area contributed by atoms with Crippen LogP contribution in [-0.2, 0) is 4.79 Å². The minimum Gasteiger partial charge on any atom is -0.342 e. The number of pyridine rings is 1. The Labute approximate surface area is 243 Å². The van der Waals surface area contributed by atoms with Crippen LogP contribution in [0, 0.1) is 0 Å². The second-order valence-corrected chi connectivity index (χ2v) is 11.6. The predicted octanol–water partition coefficient (Wildman–Crippen LogP) is 6.05. The fraction of sp³-hybridized carbons (Fsp3) is 0.400. The summed E-state index contributed by atoms with van der Waals surface area (Å²) in [5.41, 5.74) is 5.66. The van der Waals surface area contributed by atoms with Crippen molar-refractivity contribution in [2.45, 2.75) is 51.0 Å². The monoisotopic (exact) mass is 548 g/mol. The van der Waals surface area contributed by atoms with Crippen molar-refractivity contribution in [3.05, 3.63) is 90.0 Å². The highest BCUT2D eigenvalue weighted by Crippen LogP contribution is 2.27. The van der Waals surface area contributed by atoms with Crippen molar-refractivity contribution >= 4 is 11.8 Å². The number of aromatic nitrogens is 1. The number of nitrogens with zero attached hydrogens (tertiary/aromatic N) is 4. The molecule has 0 atom stereocenters. The number of piperidine rings is 1. The lowest BCUT2D eigenvalue weighted by atomic mass is 9.96. The molecule has 3 aliphatic rings. The molecule has 6 heteroatoms. The lowest BCUT2D eigenvalue weighted by molar-refractivity contribution is -0.132. The van der Waals surface area contributed by atoms with Crippen LogP contribution in [0.3, 0.4) is 0 Å². The Bertz CT molecular complexity index is 1310. The van der Waals surface area contributed by atoms with Crippen LogP contribution in [0.1, 0.15) is 55.3 Å². The number of hydrogen-bond acceptors (Lipinski definition) is 4. The number of amides is 2. The fourth-order valence-corrected chi connectivity index (χ4v) is 6.49. The quantitative estimate of drug-likeness (QED) is 0.352. The highest BCUT2D eigenvalue weighted by atomic mass is 16.2. The summed E-state index contributed by atoms with van der Waals surface area (Å²) >= 11 is 0. The van der Waals surface area contributed by atoms with Crippen molar-refractivity contribution in [2.75, 3.05) is 39.3 Å². The molecule has 6 nitrogen and oxygen atoms in total. The van der Waals surface area contributed by atoms with Crippen LogP contribution in [0.2, 0.25) is 0 Å². The first kappa shape index (κ1) is 27.4. The summed E-state index contributed by atoms with van der Waals surface area (Å²) in [4.78, 5) is 38.1. The van der Waals surface area contributed by atoms with Crippen LogP contribution in [0.25, 0.3) is 22.5 Å². The summed E-state index contributed by atoms with van der Waals surface area (Å²) in [6.45, 7) is 4.87. The highest BCUT2D eigenvalue weighted by Gasteiger charge is 2.31. The van der Waals surface area contributed by atoms with Gasteiger partial charge in [-0.2, -0.15) is 0 Å². The third-order valence-corrected chi connectivity index (χ3v) is 8.91. The summed E-state index contributed by atoms with van der Waals surface area (Å²) in [5, 5.41) is 0. The molecule has 2 saturated heterocycles. The molecule has 0 radical (unpaired) electrons. The number of benzene rings is 2. The third kappa shape index (κ3) is 6.59. The molecule has 212 valence electrons. The van der Waals surface area contributed by atoms with Gasteiger partial charge in [0.15, 0.2) is 0 Å². The number of allylic oxidation sites excluding steroid dienone is 1. The molecule has 1 aliphatic carbocycles. The maximum Gasteiger partial charge on any atom is 0.254 e. The fourth-order valence-electron chi connectivity index (χ4n) is 6.49. The molecule has 0 unspecified atom stereocenters. The second-order valence-electron chi connectivity index (χ2n) is 11.6. The van der Waals surface area contributed by atoms with E-state index in [0.29, 0.717) is 23.9 Å². The average Bonchev–Trinajstić information content (AvgIpc) is 3.05. The summed E-state index contributed by atoms with van der Waals surface area (Å²) in [7, 11) is 0. The topological polar surface area (TPSA) is 56.8 Å². The smallest absolute Gasteiger partial charge is 0.254 e. The molecule has 3 aromatic rings. The van der Waals surface area contributed by atoms with Gasteiger partial charge in [0.25, 0.3) is 5.91 Å². The molecule has 1 aromatic heterocycles. The average molecular weight is 549 g/mol. The van der Waals surface area contributed by atoms with Crippen LogP contribution >= 0.6 is 0 Å². The van der Waals surface area contributed by atoms with Gasteiger partial charge < -0.3 is 9.80 Å². The van der Waals surface area contributed by atoms with Crippen molar-refractivity contribution < 1.29 is 9.59 Å².